The number of rotatable bonds is 3. The van der Waals surface area contributed by atoms with Gasteiger partial charge in [0.05, 0.1) is 0 Å². The zero-order valence-electron chi connectivity index (χ0n) is 12.4. The fourth-order valence-corrected chi connectivity index (χ4v) is 2.81. The summed E-state index contributed by atoms with van der Waals surface area (Å²) < 4.78 is 5.16. The highest BCUT2D eigenvalue weighted by molar-refractivity contribution is 5.90. The van der Waals surface area contributed by atoms with Gasteiger partial charge in [0.15, 0.2) is 0 Å². The van der Waals surface area contributed by atoms with E-state index in [4.69, 9.17) is 4.42 Å². The van der Waals surface area contributed by atoms with Gasteiger partial charge in [-0.25, -0.2) is 4.79 Å². The van der Waals surface area contributed by atoms with Crippen molar-refractivity contribution in [3.8, 4) is 11.5 Å². The van der Waals surface area contributed by atoms with Crippen molar-refractivity contribution in [1.29, 1.82) is 0 Å². The number of nitrogens with one attached hydrogen (secondary N) is 2. The second-order valence-corrected chi connectivity index (χ2v) is 5.61. The number of hydrogen-bond acceptors (Lipinski definition) is 4. The minimum Gasteiger partial charge on any atom is -0.423 e. The summed E-state index contributed by atoms with van der Waals surface area (Å²) in [5.41, 5.74) is 1.49. The predicted molar refractivity (Wildman–Crippen MR) is 83.4 cm³/mol. The summed E-state index contributed by atoms with van der Waals surface area (Å²) in [5, 5.41) is 13.5. The molecule has 2 amide bonds. The third-order valence-corrected chi connectivity index (χ3v) is 3.92. The Morgan fingerprint density at radius 3 is 2.73 bits per heavy atom. The molecule has 2 N–H and O–H groups in total. The Labute approximate surface area is 129 Å². The summed E-state index contributed by atoms with van der Waals surface area (Å²) >= 11 is 0. The minimum atomic E-state index is -0.158. The first-order valence-electron chi connectivity index (χ1n) is 7.75. The van der Waals surface area contributed by atoms with Crippen LogP contribution in [0.25, 0.3) is 11.5 Å². The number of carbonyl (C=O) groups excluding carboxylic acids is 1. The second-order valence-electron chi connectivity index (χ2n) is 5.61. The molecule has 1 heterocycles. The van der Waals surface area contributed by atoms with Crippen LogP contribution in [0.3, 0.4) is 0 Å². The molecule has 1 fully saturated rings. The van der Waals surface area contributed by atoms with Crippen LogP contribution in [0, 0.1) is 0 Å². The Bertz CT molecular complexity index is 604. The van der Waals surface area contributed by atoms with E-state index >= 15 is 0 Å². The van der Waals surface area contributed by atoms with Crippen LogP contribution in [-0.2, 0) is 0 Å². The maximum atomic E-state index is 12.1. The van der Waals surface area contributed by atoms with Crippen molar-refractivity contribution in [3.63, 3.8) is 0 Å². The van der Waals surface area contributed by atoms with Gasteiger partial charge < -0.3 is 15.1 Å². The number of carbonyl (C=O) groups is 1. The van der Waals surface area contributed by atoms with Crippen LogP contribution in [0.1, 0.15) is 38.5 Å². The number of urea groups is 1. The van der Waals surface area contributed by atoms with Crippen LogP contribution in [0.2, 0.25) is 0 Å². The first-order chi connectivity index (χ1) is 10.8. The van der Waals surface area contributed by atoms with Gasteiger partial charge in [-0.05, 0) is 31.0 Å². The molecule has 6 heteroatoms. The van der Waals surface area contributed by atoms with Crippen molar-refractivity contribution >= 4 is 11.7 Å². The van der Waals surface area contributed by atoms with Gasteiger partial charge in [-0.2, -0.15) is 0 Å². The van der Waals surface area contributed by atoms with E-state index in [0.717, 1.165) is 18.4 Å². The average Bonchev–Trinajstić information content (AvgIpc) is 2.94. The Hall–Kier alpha value is -2.37. The van der Waals surface area contributed by atoms with E-state index in [2.05, 4.69) is 20.8 Å². The SMILES string of the molecule is O=C(Nc1cccc(-c2nnco2)c1)NC1CCCCCC1. The van der Waals surface area contributed by atoms with Gasteiger partial charge in [-0.1, -0.05) is 31.7 Å². The normalized spacial score (nSPS) is 16.0. The molecular formula is C16H20N4O2. The van der Waals surface area contributed by atoms with Crippen molar-refractivity contribution < 1.29 is 9.21 Å². The van der Waals surface area contributed by atoms with Crippen LogP contribution in [0.5, 0.6) is 0 Å². The van der Waals surface area contributed by atoms with Gasteiger partial charge in [0.1, 0.15) is 0 Å². The van der Waals surface area contributed by atoms with Gasteiger partial charge in [-0.15, -0.1) is 10.2 Å². The van der Waals surface area contributed by atoms with Crippen LogP contribution in [0.15, 0.2) is 35.1 Å². The molecule has 1 aromatic carbocycles. The summed E-state index contributed by atoms with van der Waals surface area (Å²) in [6.45, 7) is 0. The van der Waals surface area contributed by atoms with E-state index in [1.807, 2.05) is 24.3 Å². The number of aromatic nitrogens is 2. The van der Waals surface area contributed by atoms with Crippen LogP contribution < -0.4 is 10.6 Å². The quantitative estimate of drug-likeness (QED) is 0.849. The molecule has 116 valence electrons. The lowest BCUT2D eigenvalue weighted by Gasteiger charge is -2.16. The summed E-state index contributed by atoms with van der Waals surface area (Å²) in [6, 6.07) is 7.49. The number of amides is 2. The smallest absolute Gasteiger partial charge is 0.319 e. The predicted octanol–water partition coefficient (Wildman–Crippen LogP) is 3.58. The third kappa shape index (κ3) is 3.84. The van der Waals surface area contributed by atoms with E-state index in [-0.39, 0.29) is 12.1 Å². The highest BCUT2D eigenvalue weighted by atomic mass is 16.4. The molecule has 0 atom stereocenters. The molecule has 2 aromatic rings. The molecule has 0 radical (unpaired) electrons. The summed E-state index contributed by atoms with van der Waals surface area (Å²) in [5.74, 6) is 0.438. The summed E-state index contributed by atoms with van der Waals surface area (Å²) in [6.07, 6.45) is 8.34. The highest BCUT2D eigenvalue weighted by Crippen LogP contribution is 2.21. The molecule has 6 nitrogen and oxygen atoms in total. The first-order valence-corrected chi connectivity index (χ1v) is 7.75. The van der Waals surface area contributed by atoms with Crippen LogP contribution in [0.4, 0.5) is 10.5 Å². The third-order valence-electron chi connectivity index (χ3n) is 3.92. The molecule has 0 aliphatic heterocycles. The Balaban J connectivity index is 1.60. The number of anilines is 1. The molecule has 0 saturated heterocycles. The van der Waals surface area contributed by atoms with Crippen molar-refractivity contribution in [2.45, 2.75) is 44.6 Å². The average molecular weight is 300 g/mol. The Kier molecular flexibility index (Phi) is 4.68. The number of nitrogens with zero attached hydrogens (tertiary/aromatic N) is 2. The van der Waals surface area contributed by atoms with Gasteiger partial charge in [0.25, 0.3) is 0 Å². The van der Waals surface area contributed by atoms with Crippen molar-refractivity contribution in [1.82, 2.24) is 15.5 Å². The molecular weight excluding hydrogens is 280 g/mol. The minimum absolute atomic E-state index is 0.158. The molecule has 3 rings (SSSR count). The van der Waals surface area contributed by atoms with E-state index in [0.29, 0.717) is 11.6 Å². The van der Waals surface area contributed by atoms with Crippen LogP contribution in [-0.4, -0.2) is 22.3 Å². The van der Waals surface area contributed by atoms with E-state index in [9.17, 15) is 4.79 Å². The molecule has 1 saturated carbocycles. The largest absolute Gasteiger partial charge is 0.423 e. The van der Waals surface area contributed by atoms with Gasteiger partial charge in [0, 0.05) is 17.3 Å². The van der Waals surface area contributed by atoms with Crippen molar-refractivity contribution in [3.05, 3.63) is 30.7 Å². The Morgan fingerprint density at radius 1 is 1.18 bits per heavy atom. The number of benzene rings is 1. The molecule has 0 bridgehead atoms. The first kappa shape index (κ1) is 14.6. The van der Waals surface area contributed by atoms with E-state index in [1.54, 1.807) is 0 Å². The highest BCUT2D eigenvalue weighted by Gasteiger charge is 2.14. The fourth-order valence-electron chi connectivity index (χ4n) is 2.81. The summed E-state index contributed by atoms with van der Waals surface area (Å²) in [4.78, 5) is 12.1. The maximum absolute atomic E-state index is 12.1. The van der Waals surface area contributed by atoms with Crippen molar-refractivity contribution in [2.75, 3.05) is 5.32 Å². The standard InChI is InChI=1S/C16H20N4O2/c21-16(18-13-7-3-1-2-4-8-13)19-14-9-5-6-12(10-14)15-20-17-11-22-15/h5-6,9-11,13H,1-4,7-8H2,(H2,18,19,21). The molecule has 0 unspecified atom stereocenters. The molecule has 22 heavy (non-hydrogen) atoms. The lowest BCUT2D eigenvalue weighted by atomic mass is 10.1. The molecule has 0 spiro atoms. The molecule has 1 aliphatic rings. The van der Waals surface area contributed by atoms with Crippen molar-refractivity contribution in [2.24, 2.45) is 0 Å². The lowest BCUT2D eigenvalue weighted by Crippen LogP contribution is -2.37. The molecule has 1 aliphatic carbocycles. The zero-order valence-corrected chi connectivity index (χ0v) is 12.4. The lowest BCUT2D eigenvalue weighted by molar-refractivity contribution is 0.247. The van der Waals surface area contributed by atoms with Gasteiger partial charge in [-0.3, -0.25) is 0 Å². The zero-order chi connectivity index (χ0) is 15.2. The topological polar surface area (TPSA) is 80.1 Å². The maximum Gasteiger partial charge on any atom is 0.319 e. The second kappa shape index (κ2) is 7.06. The van der Waals surface area contributed by atoms with Gasteiger partial charge in [0.2, 0.25) is 12.3 Å². The summed E-state index contributed by atoms with van der Waals surface area (Å²) in [7, 11) is 0. The van der Waals surface area contributed by atoms with E-state index in [1.165, 1.54) is 32.1 Å². The monoisotopic (exact) mass is 300 g/mol. The Morgan fingerprint density at radius 2 is 2.00 bits per heavy atom. The van der Waals surface area contributed by atoms with E-state index < -0.39 is 0 Å². The van der Waals surface area contributed by atoms with Crippen LogP contribution >= 0.6 is 0 Å². The molecule has 1 aromatic heterocycles. The van der Waals surface area contributed by atoms with Gasteiger partial charge >= 0.3 is 6.03 Å². The fraction of sp³-hybridized carbons (Fsp3) is 0.438. The number of hydrogen-bond donors (Lipinski definition) is 2.